The molecule has 0 amide bonds. The van der Waals surface area contributed by atoms with Gasteiger partial charge in [0.25, 0.3) is 0 Å². The van der Waals surface area contributed by atoms with Crippen molar-refractivity contribution in [3.05, 3.63) is 33.5 Å². The van der Waals surface area contributed by atoms with Crippen molar-refractivity contribution in [1.29, 1.82) is 0 Å². The molecule has 1 aromatic rings. The van der Waals surface area contributed by atoms with E-state index in [1.807, 2.05) is 22.6 Å². The molecule has 0 bridgehead atoms. The quantitative estimate of drug-likeness (QED) is 0.362. The van der Waals surface area contributed by atoms with Crippen LogP contribution in [0.5, 0.6) is 5.75 Å². The third-order valence-electron chi connectivity index (χ3n) is 2.23. The van der Waals surface area contributed by atoms with Crippen molar-refractivity contribution < 1.29 is 47.6 Å². The minimum absolute atomic E-state index is 0. The molecule has 17 heavy (non-hydrogen) atoms. The van der Waals surface area contributed by atoms with E-state index in [2.05, 4.69) is 0 Å². The van der Waals surface area contributed by atoms with Gasteiger partial charge in [-0.25, -0.2) is 8.42 Å². The molecule has 2 rings (SSSR count). The summed E-state index contributed by atoms with van der Waals surface area (Å²) in [5.74, 6) is -0.179. The molecule has 0 aromatic heterocycles. The summed E-state index contributed by atoms with van der Waals surface area (Å²) in [4.78, 5) is 0. The van der Waals surface area contributed by atoms with Crippen molar-refractivity contribution in [2.45, 2.75) is 6.42 Å². The number of phenols is 1. The predicted molar refractivity (Wildman–Crippen MR) is 65.8 cm³/mol. The zero-order valence-corrected chi connectivity index (χ0v) is 13.9. The molecule has 1 aliphatic heterocycles. The van der Waals surface area contributed by atoms with Crippen LogP contribution in [0.25, 0.3) is 0 Å². The number of phenolic OH excluding ortho intramolecular Hbond substituents is 1. The molecular weight excluding hydrogens is 368 g/mol. The van der Waals surface area contributed by atoms with E-state index in [-0.39, 0.29) is 41.0 Å². The van der Waals surface area contributed by atoms with Gasteiger partial charge in [-0.05, 0) is 40.6 Å². The average molecular weight is 375 g/mol. The maximum Gasteiger partial charge on any atom is 1.00 e. The van der Waals surface area contributed by atoms with Crippen molar-refractivity contribution >= 4 is 38.6 Å². The normalized spacial score (nSPS) is 14.1. The summed E-state index contributed by atoms with van der Waals surface area (Å²) in [5, 5.41) is 9.79. The number of allylic oxidation sites excluding steroid dienone is 1. The number of halogens is 1. The van der Waals surface area contributed by atoms with Gasteiger partial charge in [0.15, 0.2) is 16.1 Å². The molecule has 0 unspecified atom stereocenters. The van der Waals surface area contributed by atoms with Gasteiger partial charge in [-0.2, -0.15) is 0 Å². The second-order valence-corrected chi connectivity index (χ2v) is 5.66. The fourth-order valence-corrected chi connectivity index (χ4v) is 2.64. The molecule has 5 nitrogen and oxygen atoms in total. The van der Waals surface area contributed by atoms with Crippen molar-refractivity contribution in [1.82, 2.24) is 0 Å². The molecule has 0 radical (unpaired) electrons. The second-order valence-electron chi connectivity index (χ2n) is 3.25. The topological polar surface area (TPSA) is 80.7 Å². The van der Waals surface area contributed by atoms with Gasteiger partial charge in [-0.1, -0.05) is 12.1 Å². The molecular formula is C9H7INNaO4S. The van der Waals surface area contributed by atoms with E-state index >= 15 is 0 Å². The first kappa shape index (κ1) is 15.3. The van der Waals surface area contributed by atoms with E-state index in [0.717, 1.165) is 0 Å². The Morgan fingerprint density at radius 2 is 2.06 bits per heavy atom. The third kappa shape index (κ3) is 2.96. The zero-order valence-electron chi connectivity index (χ0n) is 8.92. The minimum atomic E-state index is -4.65. The standard InChI is InChI=1S/C9H8INO4S.Na/c10-7-4-3-6-2-1-5-11(16(13,14)15)8(6)9(7)12;/h1,3-5,12H,2H2,(H,13,14,15);/q;+1/p-1. The van der Waals surface area contributed by atoms with Crippen LogP contribution < -0.4 is 33.9 Å². The van der Waals surface area contributed by atoms with Crippen LogP contribution in [0.15, 0.2) is 24.4 Å². The van der Waals surface area contributed by atoms with Crippen LogP contribution in [0.2, 0.25) is 0 Å². The minimum Gasteiger partial charge on any atom is -0.731 e. The first-order valence-electron chi connectivity index (χ1n) is 4.33. The fourth-order valence-electron chi connectivity index (χ4n) is 1.54. The molecule has 0 saturated carbocycles. The molecule has 1 aliphatic rings. The Morgan fingerprint density at radius 1 is 1.41 bits per heavy atom. The SMILES string of the molecule is O=S(=O)([O-])N1C=CCc2ccc(I)c(O)c21.[Na+]. The summed E-state index contributed by atoms with van der Waals surface area (Å²) in [6, 6.07) is 3.36. The van der Waals surface area contributed by atoms with E-state index in [4.69, 9.17) is 0 Å². The number of hydrogen-bond donors (Lipinski definition) is 1. The molecule has 0 saturated heterocycles. The average Bonchev–Trinajstić information content (AvgIpc) is 2.21. The zero-order chi connectivity index (χ0) is 11.9. The van der Waals surface area contributed by atoms with Crippen LogP contribution in [0.3, 0.4) is 0 Å². The maximum atomic E-state index is 11.0. The summed E-state index contributed by atoms with van der Waals surface area (Å²) < 4.78 is 34.1. The van der Waals surface area contributed by atoms with E-state index in [0.29, 0.717) is 19.9 Å². The summed E-state index contributed by atoms with van der Waals surface area (Å²) in [6.07, 6.45) is 3.22. The van der Waals surface area contributed by atoms with Crippen molar-refractivity contribution in [2.75, 3.05) is 4.31 Å². The smallest absolute Gasteiger partial charge is 0.731 e. The first-order valence-corrected chi connectivity index (χ1v) is 6.78. The molecule has 0 fully saturated rings. The van der Waals surface area contributed by atoms with Crippen LogP contribution in [0, 0.1) is 3.57 Å². The molecule has 8 heteroatoms. The Labute approximate surface area is 135 Å². The summed E-state index contributed by atoms with van der Waals surface area (Å²) in [7, 11) is -4.65. The van der Waals surface area contributed by atoms with Crippen LogP contribution in [0.4, 0.5) is 5.69 Å². The number of aromatic hydroxyl groups is 1. The van der Waals surface area contributed by atoms with E-state index < -0.39 is 10.3 Å². The third-order valence-corrected chi connectivity index (χ3v) is 3.88. The van der Waals surface area contributed by atoms with Crippen molar-refractivity contribution in [2.24, 2.45) is 0 Å². The fraction of sp³-hybridized carbons (Fsp3) is 0.111. The van der Waals surface area contributed by atoms with E-state index in [9.17, 15) is 18.1 Å². The van der Waals surface area contributed by atoms with Gasteiger partial charge in [-0.3, -0.25) is 4.31 Å². The van der Waals surface area contributed by atoms with Crippen molar-refractivity contribution in [3.63, 3.8) is 0 Å². The van der Waals surface area contributed by atoms with Crippen LogP contribution in [-0.4, -0.2) is 18.1 Å². The predicted octanol–water partition coefficient (Wildman–Crippen LogP) is -1.66. The van der Waals surface area contributed by atoms with Gasteiger partial charge in [0.1, 0.15) is 5.69 Å². The van der Waals surface area contributed by atoms with Crippen molar-refractivity contribution in [3.8, 4) is 5.75 Å². The van der Waals surface area contributed by atoms with Crippen LogP contribution >= 0.6 is 22.6 Å². The molecule has 0 atom stereocenters. The number of fused-ring (bicyclic) bond motifs is 1. The number of anilines is 1. The molecule has 0 aliphatic carbocycles. The Morgan fingerprint density at radius 3 is 2.65 bits per heavy atom. The van der Waals surface area contributed by atoms with Gasteiger partial charge in [0, 0.05) is 6.20 Å². The Hall–Kier alpha value is 0.200. The second kappa shape index (κ2) is 5.45. The summed E-state index contributed by atoms with van der Waals surface area (Å²) in [6.45, 7) is 0. The van der Waals surface area contributed by atoms with Gasteiger partial charge in [0.05, 0.1) is 3.57 Å². The van der Waals surface area contributed by atoms with Crippen LogP contribution in [-0.2, 0) is 16.7 Å². The summed E-state index contributed by atoms with van der Waals surface area (Å²) >= 11 is 1.87. The van der Waals surface area contributed by atoms with Crippen LogP contribution in [0.1, 0.15) is 5.56 Å². The largest absolute Gasteiger partial charge is 1.00 e. The first-order chi connectivity index (χ1) is 7.41. The number of hydrogen-bond acceptors (Lipinski definition) is 4. The monoisotopic (exact) mass is 375 g/mol. The maximum absolute atomic E-state index is 11.0. The number of rotatable bonds is 1. The Bertz CT molecular complexity index is 573. The Balaban J connectivity index is 0.00000144. The molecule has 0 spiro atoms. The number of benzene rings is 1. The molecule has 1 aromatic carbocycles. The molecule has 1 heterocycles. The molecule has 86 valence electrons. The Kier molecular flexibility index (Phi) is 4.89. The molecule has 1 N–H and O–H groups in total. The van der Waals surface area contributed by atoms with Gasteiger partial charge in [-0.15, -0.1) is 0 Å². The van der Waals surface area contributed by atoms with Gasteiger partial charge >= 0.3 is 29.6 Å². The van der Waals surface area contributed by atoms with Gasteiger partial charge < -0.3 is 9.66 Å². The van der Waals surface area contributed by atoms with Gasteiger partial charge in [0.2, 0.25) is 0 Å². The van der Waals surface area contributed by atoms with E-state index in [1.54, 1.807) is 18.2 Å². The van der Waals surface area contributed by atoms with E-state index in [1.165, 1.54) is 6.20 Å². The summed E-state index contributed by atoms with van der Waals surface area (Å²) in [5.41, 5.74) is 0.671. The number of nitrogens with zero attached hydrogens (tertiary/aromatic N) is 1.